The van der Waals surface area contributed by atoms with Crippen molar-refractivity contribution in [1.29, 1.82) is 0 Å². The maximum Gasteiger partial charge on any atom is 0.252 e. The number of likely N-dealkylation sites (N-methyl/N-ethyl adjacent to an activating group) is 1. The summed E-state index contributed by atoms with van der Waals surface area (Å²) < 4.78 is 5.99. The molecule has 4 rings (SSSR count). The smallest absolute Gasteiger partial charge is 0.252 e. The summed E-state index contributed by atoms with van der Waals surface area (Å²) in [6.45, 7) is 6.29. The van der Waals surface area contributed by atoms with Crippen LogP contribution >= 0.6 is 23.2 Å². The zero-order valence-corrected chi connectivity index (χ0v) is 20.2. The van der Waals surface area contributed by atoms with Gasteiger partial charge in [0.15, 0.2) is 0 Å². The molecule has 174 valence electrons. The zero-order chi connectivity index (χ0) is 23.5. The molecule has 1 aliphatic heterocycles. The second-order valence-electron chi connectivity index (χ2n) is 8.08. The molecule has 0 atom stereocenters. The molecule has 0 radical (unpaired) electrons. The summed E-state index contributed by atoms with van der Waals surface area (Å²) in [5.74, 6) is 0.202. The minimum absolute atomic E-state index is 0.291. The van der Waals surface area contributed by atoms with Gasteiger partial charge in [-0.3, -0.25) is 9.78 Å². The van der Waals surface area contributed by atoms with E-state index in [-0.39, 0.29) is 0 Å². The molecule has 9 heteroatoms. The van der Waals surface area contributed by atoms with Crippen LogP contribution in [-0.2, 0) is 0 Å². The van der Waals surface area contributed by atoms with Crippen LogP contribution in [0.5, 0.6) is 5.75 Å². The second-order valence-corrected chi connectivity index (χ2v) is 8.89. The van der Waals surface area contributed by atoms with Crippen molar-refractivity contribution in [2.24, 2.45) is 5.73 Å². The first-order valence-corrected chi connectivity index (χ1v) is 11.7. The number of aromatic nitrogens is 1. The SMILES string of the molecule is CCOc1cc2ncc(C(N)=O)c(Nc3ccc(Cl)c(Cl)c3)c2cc1N1CCCN(C)CC1. The number of nitrogens with two attached hydrogens (primary N) is 1. The maximum atomic E-state index is 12.3. The fourth-order valence-electron chi connectivity index (χ4n) is 4.05. The molecule has 3 aromatic rings. The molecule has 2 heterocycles. The number of amides is 1. The summed E-state index contributed by atoms with van der Waals surface area (Å²) in [6.07, 6.45) is 2.54. The highest BCUT2D eigenvalue weighted by molar-refractivity contribution is 6.42. The van der Waals surface area contributed by atoms with E-state index in [1.807, 2.05) is 19.1 Å². The Bertz CT molecular complexity index is 1190. The second kappa shape index (κ2) is 10.0. The molecule has 2 aromatic carbocycles. The maximum absolute atomic E-state index is 12.3. The number of hydrogen-bond donors (Lipinski definition) is 2. The predicted octanol–water partition coefficient (Wildman–Crippen LogP) is 4.92. The Balaban J connectivity index is 1.87. The first-order valence-electron chi connectivity index (χ1n) is 10.9. The Morgan fingerprint density at radius 2 is 1.97 bits per heavy atom. The van der Waals surface area contributed by atoms with Crippen LogP contribution < -0.4 is 20.7 Å². The topological polar surface area (TPSA) is 83.7 Å². The Morgan fingerprint density at radius 1 is 1.15 bits per heavy atom. The number of pyridine rings is 1. The quantitative estimate of drug-likeness (QED) is 0.512. The number of anilines is 3. The van der Waals surface area contributed by atoms with E-state index in [0.717, 1.165) is 49.4 Å². The van der Waals surface area contributed by atoms with Gasteiger partial charge in [-0.25, -0.2) is 0 Å². The number of rotatable bonds is 6. The third kappa shape index (κ3) is 5.11. The lowest BCUT2D eigenvalue weighted by atomic mass is 10.1. The summed E-state index contributed by atoms with van der Waals surface area (Å²) in [5.41, 5.74) is 8.92. The fourth-order valence-corrected chi connectivity index (χ4v) is 4.35. The van der Waals surface area contributed by atoms with Crippen molar-refractivity contribution in [3.8, 4) is 5.75 Å². The van der Waals surface area contributed by atoms with Gasteiger partial charge >= 0.3 is 0 Å². The molecule has 3 N–H and O–H groups in total. The Morgan fingerprint density at radius 3 is 2.70 bits per heavy atom. The fraction of sp³-hybridized carbons (Fsp3) is 0.333. The number of carbonyl (C=O) groups is 1. The van der Waals surface area contributed by atoms with E-state index in [4.69, 9.17) is 33.7 Å². The number of carbonyl (C=O) groups excluding carboxylic acids is 1. The van der Waals surface area contributed by atoms with Gasteiger partial charge in [0.25, 0.3) is 5.91 Å². The summed E-state index contributed by atoms with van der Waals surface area (Å²) in [7, 11) is 2.13. The van der Waals surface area contributed by atoms with Crippen molar-refractivity contribution in [3.05, 3.63) is 52.1 Å². The van der Waals surface area contributed by atoms with Crippen LogP contribution in [-0.4, -0.2) is 55.6 Å². The van der Waals surface area contributed by atoms with Gasteiger partial charge in [0.1, 0.15) is 5.75 Å². The molecule has 0 saturated carbocycles. The van der Waals surface area contributed by atoms with E-state index in [1.165, 1.54) is 6.20 Å². The van der Waals surface area contributed by atoms with Crippen molar-refractivity contribution in [2.75, 3.05) is 50.1 Å². The van der Waals surface area contributed by atoms with Crippen molar-refractivity contribution in [3.63, 3.8) is 0 Å². The van der Waals surface area contributed by atoms with Crippen molar-refractivity contribution in [1.82, 2.24) is 9.88 Å². The molecule has 33 heavy (non-hydrogen) atoms. The Hall–Kier alpha value is -2.74. The van der Waals surface area contributed by atoms with E-state index in [9.17, 15) is 4.79 Å². The normalized spacial score (nSPS) is 14.8. The zero-order valence-electron chi connectivity index (χ0n) is 18.7. The minimum atomic E-state index is -0.571. The molecule has 1 amide bonds. The molecule has 0 bridgehead atoms. The average Bonchev–Trinajstić information content (AvgIpc) is 3.00. The molecule has 0 aliphatic carbocycles. The van der Waals surface area contributed by atoms with Gasteiger partial charge in [0, 0.05) is 43.0 Å². The standard InChI is InChI=1S/C24H27Cl2N5O2/c1-3-33-22-13-20-16(12-21(22)31-8-4-7-30(2)9-10-31)23(17(14-28-20)24(27)32)29-15-5-6-18(25)19(26)11-15/h5-6,11-14H,3-4,7-10H2,1-2H3,(H2,27,32)(H,28,29). The van der Waals surface area contributed by atoms with Gasteiger partial charge < -0.3 is 25.6 Å². The van der Waals surface area contributed by atoms with Gasteiger partial charge in [-0.05, 0) is 51.2 Å². The van der Waals surface area contributed by atoms with Gasteiger partial charge in [-0.2, -0.15) is 0 Å². The van der Waals surface area contributed by atoms with Gasteiger partial charge in [0.2, 0.25) is 0 Å². The van der Waals surface area contributed by atoms with Crippen LogP contribution in [0.3, 0.4) is 0 Å². The van der Waals surface area contributed by atoms with Gasteiger partial charge in [-0.15, -0.1) is 0 Å². The third-order valence-electron chi connectivity index (χ3n) is 5.76. The summed E-state index contributed by atoms with van der Waals surface area (Å²) >= 11 is 12.3. The van der Waals surface area contributed by atoms with Crippen LogP contribution in [0, 0.1) is 0 Å². The van der Waals surface area contributed by atoms with E-state index >= 15 is 0 Å². The Kier molecular flexibility index (Phi) is 7.12. The Labute approximate surface area is 203 Å². The lowest BCUT2D eigenvalue weighted by Crippen LogP contribution is -2.29. The largest absolute Gasteiger partial charge is 0.492 e. The van der Waals surface area contributed by atoms with Crippen molar-refractivity contribution < 1.29 is 9.53 Å². The number of primary amides is 1. The number of nitrogens with one attached hydrogen (secondary N) is 1. The lowest BCUT2D eigenvalue weighted by Gasteiger charge is -2.26. The first kappa shape index (κ1) is 23.4. The minimum Gasteiger partial charge on any atom is -0.492 e. The molecule has 1 saturated heterocycles. The molecule has 1 aromatic heterocycles. The first-order chi connectivity index (χ1) is 15.9. The monoisotopic (exact) mass is 487 g/mol. The highest BCUT2D eigenvalue weighted by atomic mass is 35.5. The average molecular weight is 488 g/mol. The number of halogens is 2. The van der Waals surface area contributed by atoms with E-state index in [0.29, 0.717) is 39.1 Å². The predicted molar refractivity (Wildman–Crippen MR) is 136 cm³/mol. The number of hydrogen-bond acceptors (Lipinski definition) is 6. The van der Waals surface area contributed by atoms with Crippen molar-refractivity contribution in [2.45, 2.75) is 13.3 Å². The van der Waals surface area contributed by atoms with Crippen LogP contribution in [0.2, 0.25) is 10.0 Å². The number of nitrogens with zero attached hydrogens (tertiary/aromatic N) is 3. The van der Waals surface area contributed by atoms with Crippen LogP contribution in [0.1, 0.15) is 23.7 Å². The van der Waals surface area contributed by atoms with Crippen LogP contribution in [0.25, 0.3) is 10.9 Å². The van der Waals surface area contributed by atoms with Gasteiger partial charge in [0.05, 0.1) is 39.1 Å². The van der Waals surface area contributed by atoms with Crippen LogP contribution in [0.15, 0.2) is 36.5 Å². The molecule has 0 unspecified atom stereocenters. The molecule has 1 fully saturated rings. The van der Waals surface area contributed by atoms with Crippen molar-refractivity contribution >= 4 is 57.1 Å². The van der Waals surface area contributed by atoms with E-state index in [1.54, 1.807) is 18.2 Å². The summed E-state index contributed by atoms with van der Waals surface area (Å²) in [5, 5.41) is 4.95. The van der Waals surface area contributed by atoms with E-state index in [2.05, 4.69) is 27.1 Å². The number of ether oxygens (including phenoxy) is 1. The van der Waals surface area contributed by atoms with E-state index < -0.39 is 5.91 Å². The summed E-state index contributed by atoms with van der Waals surface area (Å²) in [4.78, 5) is 21.4. The lowest BCUT2D eigenvalue weighted by molar-refractivity contribution is 0.100. The third-order valence-corrected chi connectivity index (χ3v) is 6.50. The van der Waals surface area contributed by atoms with Crippen LogP contribution in [0.4, 0.5) is 17.1 Å². The highest BCUT2D eigenvalue weighted by Gasteiger charge is 2.21. The number of benzene rings is 2. The highest BCUT2D eigenvalue weighted by Crippen LogP contribution is 2.39. The molecule has 7 nitrogen and oxygen atoms in total. The summed E-state index contributed by atoms with van der Waals surface area (Å²) in [6, 6.07) is 9.16. The molecule has 1 aliphatic rings. The molecular formula is C24H27Cl2N5O2. The van der Waals surface area contributed by atoms with Gasteiger partial charge in [-0.1, -0.05) is 23.2 Å². The molecular weight excluding hydrogens is 461 g/mol. The number of fused-ring (bicyclic) bond motifs is 1. The molecule has 0 spiro atoms.